The number of rotatable bonds is 6. The second-order valence-electron chi connectivity index (χ2n) is 6.40. The zero-order valence-electron chi connectivity index (χ0n) is 14.6. The lowest BCUT2D eigenvalue weighted by atomic mass is 10.1. The third-order valence-corrected chi connectivity index (χ3v) is 4.57. The minimum absolute atomic E-state index is 0.0325. The first-order chi connectivity index (χ1) is 12.6. The van der Waals surface area contributed by atoms with Crippen LogP contribution in [0.25, 0.3) is 0 Å². The van der Waals surface area contributed by atoms with Gasteiger partial charge in [0.2, 0.25) is 0 Å². The van der Waals surface area contributed by atoms with Gasteiger partial charge in [-0.3, -0.25) is 9.69 Å². The first-order valence-electron chi connectivity index (χ1n) is 8.85. The van der Waals surface area contributed by atoms with Gasteiger partial charge >= 0.3 is 6.03 Å². The van der Waals surface area contributed by atoms with Crippen LogP contribution in [0.3, 0.4) is 0 Å². The first kappa shape index (κ1) is 18.0. The highest BCUT2D eigenvalue weighted by molar-refractivity contribution is 5.95. The van der Waals surface area contributed by atoms with Gasteiger partial charge in [0, 0.05) is 17.8 Å². The molecule has 2 aromatic rings. The number of benzene rings is 1. The fourth-order valence-electron chi connectivity index (χ4n) is 3.26. The van der Waals surface area contributed by atoms with Crippen molar-refractivity contribution in [2.24, 2.45) is 5.73 Å². The smallest absolute Gasteiger partial charge is 0.316 e. The molecule has 0 spiro atoms. The van der Waals surface area contributed by atoms with Crippen LogP contribution in [0, 0.1) is 0 Å². The van der Waals surface area contributed by atoms with Crippen LogP contribution in [0.1, 0.15) is 41.4 Å². The summed E-state index contributed by atoms with van der Waals surface area (Å²) in [5.41, 5.74) is 6.15. The third-order valence-electron chi connectivity index (χ3n) is 4.57. The molecule has 0 saturated carbocycles. The van der Waals surface area contributed by atoms with E-state index in [0.29, 0.717) is 17.8 Å². The van der Waals surface area contributed by atoms with E-state index >= 15 is 0 Å². The predicted molar refractivity (Wildman–Crippen MR) is 98.9 cm³/mol. The van der Waals surface area contributed by atoms with Gasteiger partial charge in [-0.1, -0.05) is 6.42 Å². The maximum absolute atomic E-state index is 12.5. The van der Waals surface area contributed by atoms with E-state index in [1.165, 1.54) is 19.3 Å². The topological polar surface area (TPSA) is 101 Å². The summed E-state index contributed by atoms with van der Waals surface area (Å²) >= 11 is 0. The Morgan fingerprint density at radius 3 is 2.46 bits per heavy atom. The molecule has 1 fully saturated rings. The van der Waals surface area contributed by atoms with Crippen LogP contribution < -0.4 is 16.4 Å². The molecule has 1 atom stereocenters. The van der Waals surface area contributed by atoms with Crippen molar-refractivity contribution in [3.63, 3.8) is 0 Å². The molecule has 1 aromatic heterocycles. The Hall–Kier alpha value is -2.80. The highest BCUT2D eigenvalue weighted by atomic mass is 16.3. The van der Waals surface area contributed by atoms with E-state index in [1.807, 2.05) is 12.1 Å². The summed E-state index contributed by atoms with van der Waals surface area (Å²) in [6.45, 7) is 2.50. The van der Waals surface area contributed by atoms with Crippen molar-refractivity contribution in [1.29, 1.82) is 0 Å². The van der Waals surface area contributed by atoms with Crippen LogP contribution in [0.2, 0.25) is 0 Å². The fraction of sp³-hybridized carbons (Fsp3) is 0.368. The van der Waals surface area contributed by atoms with E-state index in [4.69, 9.17) is 10.2 Å². The number of furan rings is 1. The molecule has 0 unspecified atom stereocenters. The van der Waals surface area contributed by atoms with Crippen molar-refractivity contribution in [3.05, 3.63) is 54.0 Å². The van der Waals surface area contributed by atoms with E-state index in [-0.39, 0.29) is 11.9 Å². The van der Waals surface area contributed by atoms with Crippen LogP contribution in [0.5, 0.6) is 0 Å². The van der Waals surface area contributed by atoms with E-state index < -0.39 is 6.03 Å². The highest BCUT2D eigenvalue weighted by Gasteiger charge is 2.25. The van der Waals surface area contributed by atoms with Gasteiger partial charge in [-0.15, -0.1) is 0 Å². The van der Waals surface area contributed by atoms with Crippen molar-refractivity contribution in [1.82, 2.24) is 10.2 Å². The van der Waals surface area contributed by atoms with Gasteiger partial charge in [0.05, 0.1) is 12.3 Å². The first-order valence-corrected chi connectivity index (χ1v) is 8.85. The van der Waals surface area contributed by atoms with E-state index in [2.05, 4.69) is 15.5 Å². The van der Waals surface area contributed by atoms with Crippen LogP contribution in [-0.4, -0.2) is 36.5 Å². The number of urea groups is 1. The summed E-state index contributed by atoms with van der Waals surface area (Å²) < 4.78 is 5.59. The number of likely N-dealkylation sites (tertiary alicyclic amines) is 1. The van der Waals surface area contributed by atoms with Gasteiger partial charge in [0.1, 0.15) is 5.76 Å². The molecule has 138 valence electrons. The summed E-state index contributed by atoms with van der Waals surface area (Å²) in [5.74, 6) is 0.706. The summed E-state index contributed by atoms with van der Waals surface area (Å²) in [5, 5.41) is 5.46. The molecule has 1 aliphatic heterocycles. The Morgan fingerprint density at radius 1 is 1.12 bits per heavy atom. The minimum Gasteiger partial charge on any atom is -0.468 e. The summed E-state index contributed by atoms with van der Waals surface area (Å²) in [6.07, 6.45) is 5.25. The molecule has 7 heteroatoms. The summed E-state index contributed by atoms with van der Waals surface area (Å²) in [6, 6.07) is 9.83. The number of hydrogen-bond donors (Lipinski definition) is 3. The molecule has 26 heavy (non-hydrogen) atoms. The Kier molecular flexibility index (Phi) is 5.91. The van der Waals surface area contributed by atoms with Crippen LogP contribution in [0.4, 0.5) is 10.5 Å². The molecule has 1 aromatic carbocycles. The maximum atomic E-state index is 12.5. The minimum atomic E-state index is -0.634. The number of hydrogen-bond acceptors (Lipinski definition) is 4. The number of anilines is 1. The molecule has 4 N–H and O–H groups in total. The Labute approximate surface area is 152 Å². The van der Waals surface area contributed by atoms with Gasteiger partial charge in [-0.25, -0.2) is 4.79 Å². The molecule has 3 rings (SSSR count). The number of nitrogens with two attached hydrogens (primary N) is 1. The third kappa shape index (κ3) is 4.64. The molecule has 0 aliphatic carbocycles. The molecular weight excluding hydrogens is 332 g/mol. The lowest BCUT2D eigenvalue weighted by Crippen LogP contribution is -2.40. The summed E-state index contributed by atoms with van der Waals surface area (Å²) in [4.78, 5) is 25.7. The molecule has 1 saturated heterocycles. The predicted octanol–water partition coefficient (Wildman–Crippen LogP) is 2.73. The van der Waals surface area contributed by atoms with E-state index in [9.17, 15) is 9.59 Å². The second-order valence-corrected chi connectivity index (χ2v) is 6.40. The summed E-state index contributed by atoms with van der Waals surface area (Å²) in [7, 11) is 0. The molecule has 3 amide bonds. The number of carbonyl (C=O) groups is 2. The normalized spacial score (nSPS) is 16.0. The highest BCUT2D eigenvalue weighted by Crippen LogP contribution is 2.24. The van der Waals surface area contributed by atoms with Crippen molar-refractivity contribution in [3.8, 4) is 0 Å². The number of amides is 3. The molecule has 7 nitrogen and oxygen atoms in total. The largest absolute Gasteiger partial charge is 0.468 e. The number of piperidine rings is 1. The Morgan fingerprint density at radius 2 is 1.85 bits per heavy atom. The maximum Gasteiger partial charge on any atom is 0.316 e. The number of primary amides is 1. The molecule has 0 radical (unpaired) electrons. The number of carbonyl (C=O) groups excluding carboxylic acids is 2. The Balaban J connectivity index is 1.62. The van der Waals surface area contributed by atoms with Crippen molar-refractivity contribution >= 4 is 17.6 Å². The average molecular weight is 356 g/mol. The zero-order chi connectivity index (χ0) is 18.4. The van der Waals surface area contributed by atoms with Crippen LogP contribution in [0.15, 0.2) is 47.1 Å². The molecular formula is C19H24N4O3. The second kappa shape index (κ2) is 8.53. The van der Waals surface area contributed by atoms with E-state index in [0.717, 1.165) is 18.8 Å². The van der Waals surface area contributed by atoms with Gasteiger partial charge in [0.25, 0.3) is 5.91 Å². The molecule has 1 aliphatic rings. The van der Waals surface area contributed by atoms with Crippen LogP contribution >= 0.6 is 0 Å². The van der Waals surface area contributed by atoms with Gasteiger partial charge in [0.15, 0.2) is 0 Å². The van der Waals surface area contributed by atoms with Crippen molar-refractivity contribution < 1.29 is 14.0 Å². The van der Waals surface area contributed by atoms with Crippen molar-refractivity contribution in [2.75, 3.05) is 25.0 Å². The average Bonchev–Trinajstić information content (AvgIpc) is 3.17. The zero-order valence-corrected chi connectivity index (χ0v) is 14.6. The molecule has 0 bridgehead atoms. The quantitative estimate of drug-likeness (QED) is 0.741. The standard InChI is InChI=1S/C19H24N4O3/c20-19(25)22-15-8-6-14(7-9-15)18(24)21-13-16(17-5-4-12-26-17)23-10-2-1-3-11-23/h4-9,12,16H,1-3,10-11,13H2,(H,21,24)(H3,20,22,25)/t16-/m0/s1. The van der Waals surface area contributed by atoms with Gasteiger partial charge in [-0.05, 0) is 62.3 Å². The fourth-order valence-corrected chi connectivity index (χ4v) is 3.26. The lowest BCUT2D eigenvalue weighted by Gasteiger charge is -2.33. The Bertz CT molecular complexity index is 722. The number of nitrogens with one attached hydrogen (secondary N) is 2. The SMILES string of the molecule is NC(=O)Nc1ccc(C(=O)NC[C@@H](c2ccco2)N2CCCCC2)cc1. The van der Waals surface area contributed by atoms with E-state index in [1.54, 1.807) is 30.5 Å². The van der Waals surface area contributed by atoms with Crippen LogP contribution in [-0.2, 0) is 0 Å². The van der Waals surface area contributed by atoms with Gasteiger partial charge < -0.3 is 20.8 Å². The lowest BCUT2D eigenvalue weighted by molar-refractivity contribution is 0.0914. The monoisotopic (exact) mass is 356 g/mol. The molecule has 2 heterocycles. The van der Waals surface area contributed by atoms with Crippen molar-refractivity contribution in [2.45, 2.75) is 25.3 Å². The van der Waals surface area contributed by atoms with Gasteiger partial charge in [-0.2, -0.15) is 0 Å². The number of nitrogens with zero attached hydrogens (tertiary/aromatic N) is 1.